The Kier molecular flexibility index (Phi) is 5.95. The summed E-state index contributed by atoms with van der Waals surface area (Å²) >= 11 is 5.75. The Hall–Kier alpha value is -3.71. The summed E-state index contributed by atoms with van der Waals surface area (Å²) in [4.78, 5) is 14.2. The SMILES string of the molecule is Cc1cccc(NC(=S)N(Cc2ccccc2)Cc2nn3ccccc3c2C(N)=O)c1. The molecule has 0 atom stereocenters. The molecule has 0 fully saturated rings. The Labute approximate surface area is 186 Å². The van der Waals surface area contributed by atoms with E-state index in [0.717, 1.165) is 16.8 Å². The van der Waals surface area contributed by atoms with Crippen LogP contribution < -0.4 is 11.1 Å². The molecule has 4 rings (SSSR count). The third kappa shape index (κ3) is 4.73. The van der Waals surface area contributed by atoms with Crippen molar-refractivity contribution in [2.45, 2.75) is 20.0 Å². The number of aryl methyl sites for hydroxylation is 1. The molecule has 0 saturated carbocycles. The van der Waals surface area contributed by atoms with Crippen molar-refractivity contribution >= 4 is 34.4 Å². The molecule has 0 bridgehead atoms. The van der Waals surface area contributed by atoms with Gasteiger partial charge < -0.3 is 16.0 Å². The highest BCUT2D eigenvalue weighted by atomic mass is 32.1. The number of hydrogen-bond acceptors (Lipinski definition) is 3. The van der Waals surface area contributed by atoms with E-state index in [1.54, 1.807) is 10.7 Å². The number of anilines is 1. The number of nitrogens with one attached hydrogen (secondary N) is 1. The minimum atomic E-state index is -0.506. The number of pyridine rings is 1. The molecule has 0 radical (unpaired) electrons. The summed E-state index contributed by atoms with van der Waals surface area (Å²) < 4.78 is 1.67. The number of carbonyl (C=O) groups is 1. The molecule has 0 aliphatic carbocycles. The largest absolute Gasteiger partial charge is 0.365 e. The highest BCUT2D eigenvalue weighted by Crippen LogP contribution is 2.20. The number of benzene rings is 2. The lowest BCUT2D eigenvalue weighted by molar-refractivity contribution is 0.100. The molecule has 2 heterocycles. The number of fused-ring (bicyclic) bond motifs is 1. The number of rotatable bonds is 6. The van der Waals surface area contributed by atoms with E-state index in [4.69, 9.17) is 18.0 Å². The van der Waals surface area contributed by atoms with Crippen LogP contribution in [0.2, 0.25) is 0 Å². The molecule has 3 N–H and O–H groups in total. The van der Waals surface area contributed by atoms with Crippen molar-refractivity contribution in [1.29, 1.82) is 0 Å². The second kappa shape index (κ2) is 8.97. The van der Waals surface area contributed by atoms with Crippen LogP contribution in [0.3, 0.4) is 0 Å². The maximum Gasteiger partial charge on any atom is 0.252 e. The molecule has 0 aliphatic heterocycles. The average Bonchev–Trinajstić information content (AvgIpc) is 3.12. The van der Waals surface area contributed by atoms with Gasteiger partial charge in [0.25, 0.3) is 5.91 Å². The van der Waals surface area contributed by atoms with Crippen molar-refractivity contribution in [3.05, 3.63) is 101 Å². The standard InChI is InChI=1S/C24H23N5OS/c1-17-8-7-11-19(14-17)26-24(31)28(15-18-9-3-2-4-10-18)16-20-22(23(25)30)21-12-5-6-13-29(21)27-20/h2-14H,15-16H2,1H3,(H2,25,30)(H,26,31). The number of thiocarbonyl (C=S) groups is 1. The fraction of sp³-hybridized carbons (Fsp3) is 0.125. The van der Waals surface area contributed by atoms with Gasteiger partial charge in [-0.2, -0.15) is 5.10 Å². The molecule has 0 unspecified atom stereocenters. The predicted molar refractivity (Wildman–Crippen MR) is 127 cm³/mol. The molecule has 7 heteroatoms. The van der Waals surface area contributed by atoms with E-state index >= 15 is 0 Å². The normalized spacial score (nSPS) is 10.7. The first-order valence-electron chi connectivity index (χ1n) is 9.94. The van der Waals surface area contributed by atoms with Gasteiger partial charge in [-0.05, 0) is 54.5 Å². The maximum absolute atomic E-state index is 12.2. The molecule has 156 valence electrons. The first kappa shape index (κ1) is 20.6. The smallest absolute Gasteiger partial charge is 0.252 e. The van der Waals surface area contributed by atoms with Gasteiger partial charge in [-0.25, -0.2) is 4.52 Å². The van der Waals surface area contributed by atoms with Crippen molar-refractivity contribution in [2.24, 2.45) is 5.73 Å². The van der Waals surface area contributed by atoms with Gasteiger partial charge in [0.15, 0.2) is 5.11 Å². The lowest BCUT2D eigenvalue weighted by atomic mass is 10.1. The molecule has 0 saturated heterocycles. The zero-order chi connectivity index (χ0) is 21.8. The first-order chi connectivity index (χ1) is 15.0. The van der Waals surface area contributed by atoms with Crippen LogP contribution in [0.4, 0.5) is 5.69 Å². The van der Waals surface area contributed by atoms with Gasteiger partial charge in [0.2, 0.25) is 0 Å². The van der Waals surface area contributed by atoms with Gasteiger partial charge in [-0.1, -0.05) is 48.5 Å². The number of nitrogens with zero attached hydrogens (tertiary/aromatic N) is 3. The molecule has 4 aromatic rings. The minimum Gasteiger partial charge on any atom is -0.365 e. The lowest BCUT2D eigenvalue weighted by Crippen LogP contribution is -2.34. The van der Waals surface area contributed by atoms with E-state index in [9.17, 15) is 4.79 Å². The van der Waals surface area contributed by atoms with Gasteiger partial charge in [0.1, 0.15) is 0 Å². The summed E-state index contributed by atoms with van der Waals surface area (Å²) in [5.74, 6) is -0.506. The predicted octanol–water partition coefficient (Wildman–Crippen LogP) is 4.14. The van der Waals surface area contributed by atoms with Crippen molar-refractivity contribution in [3.8, 4) is 0 Å². The van der Waals surface area contributed by atoms with E-state index in [1.807, 2.05) is 84.6 Å². The Morgan fingerprint density at radius 2 is 1.84 bits per heavy atom. The summed E-state index contributed by atoms with van der Waals surface area (Å²) in [6.07, 6.45) is 1.80. The summed E-state index contributed by atoms with van der Waals surface area (Å²) in [5.41, 5.74) is 10.5. The number of nitrogens with two attached hydrogens (primary N) is 1. The van der Waals surface area contributed by atoms with Crippen molar-refractivity contribution in [1.82, 2.24) is 14.5 Å². The molecular formula is C24H23N5OS. The number of aromatic nitrogens is 2. The molecule has 0 spiro atoms. The van der Waals surface area contributed by atoms with Crippen LogP contribution in [0.5, 0.6) is 0 Å². The zero-order valence-corrected chi connectivity index (χ0v) is 18.0. The Balaban J connectivity index is 1.67. The van der Waals surface area contributed by atoms with E-state index in [2.05, 4.69) is 10.4 Å². The molecule has 6 nitrogen and oxygen atoms in total. The average molecular weight is 430 g/mol. The van der Waals surface area contributed by atoms with Crippen molar-refractivity contribution in [3.63, 3.8) is 0 Å². The van der Waals surface area contributed by atoms with Crippen LogP contribution >= 0.6 is 12.2 Å². The van der Waals surface area contributed by atoms with Crippen molar-refractivity contribution < 1.29 is 4.79 Å². The van der Waals surface area contributed by atoms with E-state index < -0.39 is 5.91 Å². The topological polar surface area (TPSA) is 75.7 Å². The quantitative estimate of drug-likeness (QED) is 0.451. The van der Waals surface area contributed by atoms with Crippen molar-refractivity contribution in [2.75, 3.05) is 5.32 Å². The third-order valence-electron chi connectivity index (χ3n) is 4.97. The molecule has 2 aromatic carbocycles. The number of hydrogen-bond donors (Lipinski definition) is 2. The van der Waals surface area contributed by atoms with Crippen LogP contribution in [-0.4, -0.2) is 25.5 Å². The van der Waals surface area contributed by atoms with Gasteiger partial charge >= 0.3 is 0 Å². The van der Waals surface area contributed by atoms with Gasteiger partial charge in [-0.3, -0.25) is 4.79 Å². The second-order valence-corrected chi connectivity index (χ2v) is 7.74. The van der Waals surface area contributed by atoms with Crippen LogP contribution in [0.15, 0.2) is 79.0 Å². The number of carbonyl (C=O) groups excluding carboxylic acids is 1. The maximum atomic E-state index is 12.2. The molecule has 0 aliphatic rings. The van der Waals surface area contributed by atoms with E-state index in [1.165, 1.54) is 0 Å². The zero-order valence-electron chi connectivity index (χ0n) is 17.2. The van der Waals surface area contributed by atoms with Crippen LogP contribution in [-0.2, 0) is 13.1 Å². The fourth-order valence-corrected chi connectivity index (χ4v) is 3.78. The highest BCUT2D eigenvalue weighted by molar-refractivity contribution is 7.80. The number of amides is 1. The van der Waals surface area contributed by atoms with Crippen LogP contribution in [0, 0.1) is 6.92 Å². The van der Waals surface area contributed by atoms with E-state index in [0.29, 0.717) is 35.0 Å². The molecule has 31 heavy (non-hydrogen) atoms. The summed E-state index contributed by atoms with van der Waals surface area (Å²) in [7, 11) is 0. The van der Waals surface area contributed by atoms with Gasteiger partial charge in [0, 0.05) is 18.4 Å². The Morgan fingerprint density at radius 1 is 1.06 bits per heavy atom. The molecule has 2 aromatic heterocycles. The Bertz CT molecular complexity index is 1240. The van der Waals surface area contributed by atoms with Crippen LogP contribution in [0.1, 0.15) is 27.2 Å². The van der Waals surface area contributed by atoms with E-state index in [-0.39, 0.29) is 0 Å². The fourth-order valence-electron chi connectivity index (χ4n) is 3.54. The summed E-state index contributed by atoms with van der Waals surface area (Å²) in [6, 6.07) is 23.6. The summed E-state index contributed by atoms with van der Waals surface area (Å²) in [5, 5.41) is 8.46. The Morgan fingerprint density at radius 3 is 2.58 bits per heavy atom. The highest BCUT2D eigenvalue weighted by Gasteiger charge is 2.21. The van der Waals surface area contributed by atoms with Crippen LogP contribution in [0.25, 0.3) is 5.52 Å². The molecular weight excluding hydrogens is 406 g/mol. The lowest BCUT2D eigenvalue weighted by Gasteiger charge is -2.26. The molecule has 1 amide bonds. The monoisotopic (exact) mass is 429 g/mol. The number of primary amides is 1. The summed E-state index contributed by atoms with van der Waals surface area (Å²) in [6.45, 7) is 2.93. The first-order valence-corrected chi connectivity index (χ1v) is 10.3. The van der Waals surface area contributed by atoms with Gasteiger partial charge in [0.05, 0.1) is 23.3 Å². The second-order valence-electron chi connectivity index (χ2n) is 7.36. The third-order valence-corrected chi connectivity index (χ3v) is 5.33. The van der Waals surface area contributed by atoms with Gasteiger partial charge in [-0.15, -0.1) is 0 Å². The minimum absolute atomic E-state index is 0.340.